The van der Waals surface area contributed by atoms with Crippen LogP contribution in [0.15, 0.2) is 23.6 Å². The maximum absolute atomic E-state index is 13.3. The van der Waals surface area contributed by atoms with E-state index in [9.17, 15) is 9.18 Å². The number of aromatic nitrogens is 1. The molecule has 112 valence electrons. The minimum atomic E-state index is -0.281. The number of anilines is 2. The standard InChI is InChI=1S/C15H17FN2O2S/c1-3-20-14(19)5-4-12-9-21-15(17-12)18-13-7-10(2)6-11(16)8-13/h6-9H,3-5H2,1-2H3,(H,17,18). The van der Waals surface area contributed by atoms with Crippen LogP contribution in [0.1, 0.15) is 24.6 Å². The Hall–Kier alpha value is -1.95. The van der Waals surface area contributed by atoms with E-state index in [1.165, 1.54) is 23.5 Å². The fourth-order valence-corrected chi connectivity index (χ4v) is 2.64. The molecule has 0 radical (unpaired) electrons. The molecule has 1 heterocycles. The molecule has 0 aliphatic carbocycles. The van der Waals surface area contributed by atoms with Gasteiger partial charge in [0.25, 0.3) is 0 Å². The summed E-state index contributed by atoms with van der Waals surface area (Å²) in [4.78, 5) is 15.7. The summed E-state index contributed by atoms with van der Waals surface area (Å²) in [6.45, 7) is 4.01. The summed E-state index contributed by atoms with van der Waals surface area (Å²) in [7, 11) is 0. The Morgan fingerprint density at radius 2 is 2.24 bits per heavy atom. The molecule has 0 fully saturated rings. The predicted octanol–water partition coefficient (Wildman–Crippen LogP) is 3.83. The lowest BCUT2D eigenvalue weighted by molar-refractivity contribution is -0.143. The molecule has 21 heavy (non-hydrogen) atoms. The first kappa shape index (κ1) is 15.4. The molecule has 2 rings (SSSR count). The summed E-state index contributed by atoms with van der Waals surface area (Å²) in [5.41, 5.74) is 2.33. The number of carbonyl (C=O) groups excluding carboxylic acids is 1. The normalized spacial score (nSPS) is 10.4. The molecule has 0 amide bonds. The zero-order valence-electron chi connectivity index (χ0n) is 12.0. The highest BCUT2D eigenvalue weighted by molar-refractivity contribution is 7.13. The second kappa shape index (κ2) is 7.17. The van der Waals surface area contributed by atoms with E-state index in [1.54, 1.807) is 6.92 Å². The van der Waals surface area contributed by atoms with Gasteiger partial charge in [-0.15, -0.1) is 11.3 Å². The Labute approximate surface area is 127 Å². The van der Waals surface area contributed by atoms with Crippen LogP contribution in [0.25, 0.3) is 0 Å². The molecule has 0 unspecified atom stereocenters. The monoisotopic (exact) mass is 308 g/mol. The van der Waals surface area contributed by atoms with Gasteiger partial charge in [-0.05, 0) is 37.6 Å². The van der Waals surface area contributed by atoms with Crippen molar-refractivity contribution in [2.75, 3.05) is 11.9 Å². The van der Waals surface area contributed by atoms with Crippen LogP contribution in [-0.4, -0.2) is 17.6 Å². The largest absolute Gasteiger partial charge is 0.466 e. The molecule has 1 aromatic carbocycles. The molecule has 0 spiro atoms. The van der Waals surface area contributed by atoms with Crippen molar-refractivity contribution in [3.8, 4) is 0 Å². The molecule has 0 aliphatic heterocycles. The number of esters is 1. The van der Waals surface area contributed by atoms with E-state index in [0.29, 0.717) is 30.3 Å². The third-order valence-electron chi connectivity index (χ3n) is 2.74. The molecule has 0 saturated carbocycles. The van der Waals surface area contributed by atoms with E-state index in [-0.39, 0.29) is 11.8 Å². The molecule has 0 aliphatic rings. The molecule has 1 N–H and O–H groups in total. The lowest BCUT2D eigenvalue weighted by Gasteiger charge is -2.04. The molecular weight excluding hydrogens is 291 g/mol. The first-order valence-electron chi connectivity index (χ1n) is 6.71. The number of nitrogens with one attached hydrogen (secondary N) is 1. The zero-order chi connectivity index (χ0) is 15.2. The van der Waals surface area contributed by atoms with Crippen molar-refractivity contribution < 1.29 is 13.9 Å². The molecular formula is C15H17FN2O2S. The number of halogens is 1. The van der Waals surface area contributed by atoms with Gasteiger partial charge in [-0.3, -0.25) is 4.79 Å². The van der Waals surface area contributed by atoms with Crippen LogP contribution in [0.5, 0.6) is 0 Å². The topological polar surface area (TPSA) is 51.2 Å². The Morgan fingerprint density at radius 1 is 1.43 bits per heavy atom. The number of hydrogen-bond donors (Lipinski definition) is 1. The fraction of sp³-hybridized carbons (Fsp3) is 0.333. The van der Waals surface area contributed by atoms with Gasteiger partial charge < -0.3 is 10.1 Å². The van der Waals surface area contributed by atoms with Crippen molar-refractivity contribution in [2.24, 2.45) is 0 Å². The molecule has 6 heteroatoms. The Bertz CT molecular complexity index is 608. The summed E-state index contributed by atoms with van der Waals surface area (Å²) in [5.74, 6) is -0.502. The highest BCUT2D eigenvalue weighted by Crippen LogP contribution is 2.23. The minimum absolute atomic E-state index is 0.222. The van der Waals surface area contributed by atoms with Gasteiger partial charge in [-0.25, -0.2) is 9.37 Å². The maximum atomic E-state index is 13.3. The average molecular weight is 308 g/mol. The van der Waals surface area contributed by atoms with Crippen molar-refractivity contribution in [2.45, 2.75) is 26.7 Å². The summed E-state index contributed by atoms with van der Waals surface area (Å²) >= 11 is 1.42. The smallest absolute Gasteiger partial charge is 0.306 e. The van der Waals surface area contributed by atoms with Crippen molar-refractivity contribution >= 4 is 28.1 Å². The number of rotatable bonds is 6. The quantitative estimate of drug-likeness (QED) is 0.824. The first-order chi connectivity index (χ1) is 10.1. The van der Waals surface area contributed by atoms with Gasteiger partial charge in [-0.1, -0.05) is 0 Å². The Balaban J connectivity index is 1.95. The highest BCUT2D eigenvalue weighted by Gasteiger charge is 2.07. The van der Waals surface area contributed by atoms with E-state index in [2.05, 4.69) is 10.3 Å². The van der Waals surface area contributed by atoms with Gasteiger partial charge in [0, 0.05) is 17.5 Å². The van der Waals surface area contributed by atoms with E-state index in [1.807, 2.05) is 18.4 Å². The van der Waals surface area contributed by atoms with Crippen LogP contribution < -0.4 is 5.32 Å². The van der Waals surface area contributed by atoms with Crippen LogP contribution in [-0.2, 0) is 16.0 Å². The van der Waals surface area contributed by atoms with Crippen LogP contribution in [0.3, 0.4) is 0 Å². The van der Waals surface area contributed by atoms with Crippen molar-refractivity contribution in [3.63, 3.8) is 0 Å². The Kier molecular flexibility index (Phi) is 5.27. The summed E-state index contributed by atoms with van der Waals surface area (Å²) in [5, 5.41) is 5.63. The number of aryl methyl sites for hydroxylation is 2. The number of nitrogens with zero attached hydrogens (tertiary/aromatic N) is 1. The van der Waals surface area contributed by atoms with Crippen molar-refractivity contribution in [3.05, 3.63) is 40.7 Å². The number of hydrogen-bond acceptors (Lipinski definition) is 5. The molecule has 0 atom stereocenters. The van der Waals surface area contributed by atoms with E-state index >= 15 is 0 Å². The van der Waals surface area contributed by atoms with E-state index < -0.39 is 0 Å². The average Bonchev–Trinajstić information content (AvgIpc) is 2.83. The van der Waals surface area contributed by atoms with Crippen LogP contribution in [0.2, 0.25) is 0 Å². The molecule has 4 nitrogen and oxygen atoms in total. The second-order valence-corrected chi connectivity index (χ2v) is 5.45. The van der Waals surface area contributed by atoms with Crippen LogP contribution in [0, 0.1) is 12.7 Å². The number of carbonyl (C=O) groups is 1. The summed E-state index contributed by atoms with van der Waals surface area (Å²) in [6.07, 6.45) is 0.856. The SMILES string of the molecule is CCOC(=O)CCc1csc(Nc2cc(C)cc(F)c2)n1. The van der Waals surface area contributed by atoms with Crippen molar-refractivity contribution in [1.82, 2.24) is 4.98 Å². The molecule has 0 bridgehead atoms. The van der Waals surface area contributed by atoms with Gasteiger partial charge in [-0.2, -0.15) is 0 Å². The third-order valence-corrected chi connectivity index (χ3v) is 3.54. The fourth-order valence-electron chi connectivity index (χ4n) is 1.87. The maximum Gasteiger partial charge on any atom is 0.306 e. The van der Waals surface area contributed by atoms with Gasteiger partial charge in [0.1, 0.15) is 5.82 Å². The molecule has 0 saturated heterocycles. The molecule has 1 aromatic heterocycles. The summed E-state index contributed by atoms with van der Waals surface area (Å²) < 4.78 is 18.2. The lowest BCUT2D eigenvalue weighted by atomic mass is 10.2. The zero-order valence-corrected chi connectivity index (χ0v) is 12.8. The first-order valence-corrected chi connectivity index (χ1v) is 7.59. The van der Waals surface area contributed by atoms with Gasteiger partial charge in [0.05, 0.1) is 18.7 Å². The van der Waals surface area contributed by atoms with Gasteiger partial charge in [0.2, 0.25) is 0 Å². The minimum Gasteiger partial charge on any atom is -0.466 e. The van der Waals surface area contributed by atoms with Crippen LogP contribution >= 0.6 is 11.3 Å². The van der Waals surface area contributed by atoms with E-state index in [4.69, 9.17) is 4.74 Å². The highest BCUT2D eigenvalue weighted by atomic mass is 32.1. The van der Waals surface area contributed by atoms with Gasteiger partial charge >= 0.3 is 5.97 Å². The Morgan fingerprint density at radius 3 is 2.95 bits per heavy atom. The predicted molar refractivity (Wildman–Crippen MR) is 81.5 cm³/mol. The van der Waals surface area contributed by atoms with Crippen molar-refractivity contribution in [1.29, 1.82) is 0 Å². The lowest BCUT2D eigenvalue weighted by Crippen LogP contribution is -2.05. The third kappa shape index (κ3) is 4.82. The number of benzene rings is 1. The number of thiazole rings is 1. The van der Waals surface area contributed by atoms with Gasteiger partial charge in [0.15, 0.2) is 5.13 Å². The summed E-state index contributed by atoms with van der Waals surface area (Å²) in [6, 6.07) is 4.74. The second-order valence-electron chi connectivity index (χ2n) is 4.59. The van der Waals surface area contributed by atoms with Crippen LogP contribution in [0.4, 0.5) is 15.2 Å². The molecule has 2 aromatic rings. The van der Waals surface area contributed by atoms with E-state index in [0.717, 1.165) is 11.3 Å². The number of ether oxygens (including phenoxy) is 1.